The van der Waals surface area contributed by atoms with Crippen LogP contribution in [0, 0.1) is 0 Å². The number of aromatic nitrogens is 2. The molecule has 0 saturated heterocycles. The fourth-order valence-electron chi connectivity index (χ4n) is 2.70. The molecule has 0 aliphatic carbocycles. The first-order chi connectivity index (χ1) is 10.8. The van der Waals surface area contributed by atoms with E-state index < -0.39 is 0 Å². The Morgan fingerprint density at radius 2 is 1.82 bits per heavy atom. The Hall–Kier alpha value is -2.46. The molecule has 4 rings (SSSR count). The van der Waals surface area contributed by atoms with Gasteiger partial charge in [-0.3, -0.25) is 9.20 Å². The quantitative estimate of drug-likeness (QED) is 0.490. The fraction of sp³-hybridized carbons (Fsp3) is 0. The van der Waals surface area contributed by atoms with Crippen molar-refractivity contribution in [3.8, 4) is 11.3 Å². The van der Waals surface area contributed by atoms with Crippen LogP contribution in [0.4, 0.5) is 0 Å². The third-order valence-electron chi connectivity index (χ3n) is 3.75. The maximum atomic E-state index is 11.6. The van der Waals surface area contributed by atoms with Crippen LogP contribution in [-0.4, -0.2) is 15.7 Å². The van der Waals surface area contributed by atoms with Gasteiger partial charge in [0.2, 0.25) is 0 Å². The average Bonchev–Trinajstić information content (AvgIpc) is 2.92. The summed E-state index contributed by atoms with van der Waals surface area (Å²) in [5, 5.41) is 2.31. The molecule has 0 radical (unpaired) electrons. The molecule has 0 spiro atoms. The van der Waals surface area contributed by atoms with E-state index in [9.17, 15) is 4.79 Å². The van der Waals surface area contributed by atoms with Crippen molar-refractivity contribution >= 4 is 38.6 Å². The maximum Gasteiger partial charge on any atom is 0.169 e. The number of nitrogens with zero attached hydrogens (tertiary/aromatic N) is 2. The molecule has 2 aromatic heterocycles. The Balaban J connectivity index is 2.00. The van der Waals surface area contributed by atoms with Gasteiger partial charge in [0.25, 0.3) is 0 Å². The molecule has 0 fully saturated rings. The van der Waals surface area contributed by atoms with Gasteiger partial charge in [-0.05, 0) is 44.9 Å². The minimum atomic E-state index is 0.562. The Kier molecular flexibility index (Phi) is 3.05. The van der Waals surface area contributed by atoms with E-state index in [4.69, 9.17) is 0 Å². The highest BCUT2D eigenvalue weighted by molar-refractivity contribution is 9.10. The Morgan fingerprint density at radius 3 is 2.64 bits per heavy atom. The van der Waals surface area contributed by atoms with Crippen LogP contribution in [0.15, 0.2) is 65.3 Å². The number of rotatable bonds is 2. The highest BCUT2D eigenvalue weighted by Crippen LogP contribution is 2.27. The molecule has 0 saturated carbocycles. The van der Waals surface area contributed by atoms with E-state index in [0.29, 0.717) is 11.4 Å². The van der Waals surface area contributed by atoms with Crippen LogP contribution >= 0.6 is 15.9 Å². The van der Waals surface area contributed by atoms with Crippen molar-refractivity contribution in [3.63, 3.8) is 0 Å². The lowest BCUT2D eigenvalue weighted by molar-refractivity contribution is 0.111. The zero-order valence-corrected chi connectivity index (χ0v) is 13.1. The van der Waals surface area contributed by atoms with Gasteiger partial charge >= 0.3 is 0 Å². The van der Waals surface area contributed by atoms with E-state index in [1.54, 1.807) is 0 Å². The SMILES string of the molecule is O=Cc1c(-c2ccc3ccccc3c2)nc2ccc(Br)cn12. The largest absolute Gasteiger partial charge is 0.296 e. The number of fused-ring (bicyclic) bond motifs is 2. The lowest BCUT2D eigenvalue weighted by Gasteiger charge is -2.02. The number of halogens is 1. The number of carbonyl (C=O) groups excluding carboxylic acids is 1. The normalized spacial score (nSPS) is 11.1. The second-order valence-electron chi connectivity index (χ2n) is 5.10. The zero-order valence-electron chi connectivity index (χ0n) is 11.5. The number of hydrogen-bond donors (Lipinski definition) is 0. The van der Waals surface area contributed by atoms with E-state index in [-0.39, 0.29) is 0 Å². The summed E-state index contributed by atoms with van der Waals surface area (Å²) in [5.41, 5.74) is 2.97. The molecule has 106 valence electrons. The fourth-order valence-corrected chi connectivity index (χ4v) is 3.04. The van der Waals surface area contributed by atoms with Gasteiger partial charge in [0.05, 0.1) is 0 Å². The molecule has 0 N–H and O–H groups in total. The van der Waals surface area contributed by atoms with E-state index in [2.05, 4.69) is 45.2 Å². The molecule has 0 aliphatic rings. The number of hydrogen-bond acceptors (Lipinski definition) is 2. The van der Waals surface area contributed by atoms with Crippen molar-refractivity contribution in [3.05, 3.63) is 71.0 Å². The lowest BCUT2D eigenvalue weighted by Crippen LogP contribution is -1.92. The Bertz CT molecular complexity index is 1020. The number of benzene rings is 2. The molecule has 4 aromatic rings. The second kappa shape index (κ2) is 5.07. The standard InChI is InChI=1S/C18H11BrN2O/c19-15-7-8-17-20-18(16(11-22)21(17)10-15)14-6-5-12-3-1-2-4-13(12)9-14/h1-11H. The van der Waals surface area contributed by atoms with Crippen molar-refractivity contribution in [1.82, 2.24) is 9.38 Å². The van der Waals surface area contributed by atoms with Gasteiger partial charge in [0.15, 0.2) is 6.29 Å². The average molecular weight is 351 g/mol. The number of carbonyl (C=O) groups is 1. The topological polar surface area (TPSA) is 34.4 Å². The number of aldehydes is 1. The molecule has 4 heteroatoms. The van der Waals surface area contributed by atoms with Crippen LogP contribution in [0.1, 0.15) is 10.5 Å². The molecular weight excluding hydrogens is 340 g/mol. The summed E-state index contributed by atoms with van der Waals surface area (Å²) in [7, 11) is 0. The first kappa shape index (κ1) is 13.2. The van der Waals surface area contributed by atoms with Crippen molar-refractivity contribution in [1.29, 1.82) is 0 Å². The maximum absolute atomic E-state index is 11.6. The van der Waals surface area contributed by atoms with Crippen LogP contribution in [0.25, 0.3) is 27.7 Å². The van der Waals surface area contributed by atoms with Crippen molar-refractivity contribution in [2.75, 3.05) is 0 Å². The summed E-state index contributed by atoms with van der Waals surface area (Å²) in [6.45, 7) is 0. The van der Waals surface area contributed by atoms with E-state index in [1.807, 2.05) is 40.9 Å². The summed E-state index contributed by atoms with van der Waals surface area (Å²) in [6.07, 6.45) is 2.72. The smallest absolute Gasteiger partial charge is 0.169 e. The van der Waals surface area contributed by atoms with Gasteiger partial charge < -0.3 is 0 Å². The first-order valence-electron chi connectivity index (χ1n) is 6.88. The molecule has 0 bridgehead atoms. The third kappa shape index (κ3) is 2.04. The number of imidazole rings is 1. The summed E-state index contributed by atoms with van der Waals surface area (Å²) >= 11 is 3.43. The summed E-state index contributed by atoms with van der Waals surface area (Å²) in [5.74, 6) is 0. The molecule has 22 heavy (non-hydrogen) atoms. The van der Waals surface area contributed by atoms with Gasteiger partial charge in [0.1, 0.15) is 17.0 Å². The van der Waals surface area contributed by atoms with Crippen LogP contribution in [0.5, 0.6) is 0 Å². The van der Waals surface area contributed by atoms with E-state index >= 15 is 0 Å². The van der Waals surface area contributed by atoms with Crippen molar-refractivity contribution in [2.45, 2.75) is 0 Å². The highest BCUT2D eigenvalue weighted by atomic mass is 79.9. The second-order valence-corrected chi connectivity index (χ2v) is 6.02. The molecule has 2 aromatic carbocycles. The molecular formula is C18H11BrN2O. The summed E-state index contributed by atoms with van der Waals surface area (Å²) < 4.78 is 2.72. The molecule has 2 heterocycles. The molecule has 0 aliphatic heterocycles. The van der Waals surface area contributed by atoms with Gasteiger partial charge in [-0.1, -0.05) is 36.4 Å². The molecule has 0 amide bonds. The summed E-state index contributed by atoms with van der Waals surface area (Å²) in [4.78, 5) is 16.2. The van der Waals surface area contributed by atoms with Crippen LogP contribution < -0.4 is 0 Å². The Morgan fingerprint density at radius 1 is 1.00 bits per heavy atom. The van der Waals surface area contributed by atoms with Crippen molar-refractivity contribution < 1.29 is 4.79 Å². The predicted octanol–water partition coefficient (Wildman–Crippen LogP) is 4.73. The summed E-state index contributed by atoms with van der Waals surface area (Å²) in [6, 6.07) is 18.1. The lowest BCUT2D eigenvalue weighted by atomic mass is 10.0. The predicted molar refractivity (Wildman–Crippen MR) is 91.2 cm³/mol. The van der Waals surface area contributed by atoms with Crippen molar-refractivity contribution in [2.24, 2.45) is 0 Å². The van der Waals surface area contributed by atoms with Crippen LogP contribution in [0.3, 0.4) is 0 Å². The van der Waals surface area contributed by atoms with Crippen LogP contribution in [-0.2, 0) is 0 Å². The third-order valence-corrected chi connectivity index (χ3v) is 4.22. The van der Waals surface area contributed by atoms with E-state index in [1.165, 1.54) is 5.39 Å². The van der Waals surface area contributed by atoms with Gasteiger partial charge in [-0.15, -0.1) is 0 Å². The Labute approximate surface area is 135 Å². The first-order valence-corrected chi connectivity index (χ1v) is 7.67. The van der Waals surface area contributed by atoms with E-state index in [0.717, 1.165) is 27.4 Å². The zero-order chi connectivity index (χ0) is 15.1. The number of pyridine rings is 1. The minimum absolute atomic E-state index is 0.562. The molecule has 0 unspecified atom stereocenters. The highest BCUT2D eigenvalue weighted by Gasteiger charge is 2.13. The van der Waals surface area contributed by atoms with Gasteiger partial charge in [0, 0.05) is 16.2 Å². The van der Waals surface area contributed by atoms with Gasteiger partial charge in [-0.2, -0.15) is 0 Å². The monoisotopic (exact) mass is 350 g/mol. The molecule has 3 nitrogen and oxygen atoms in total. The minimum Gasteiger partial charge on any atom is -0.296 e. The van der Waals surface area contributed by atoms with Gasteiger partial charge in [-0.25, -0.2) is 4.98 Å². The molecule has 0 atom stereocenters. The van der Waals surface area contributed by atoms with Crippen LogP contribution in [0.2, 0.25) is 0 Å².